The van der Waals surface area contributed by atoms with Crippen LogP contribution in [0.3, 0.4) is 0 Å². The molecule has 1 atom stereocenters. The number of aromatic nitrogens is 2. The second-order valence-electron chi connectivity index (χ2n) is 8.42. The quantitative estimate of drug-likeness (QED) is 0.901. The fourth-order valence-corrected chi connectivity index (χ4v) is 2.96. The number of rotatable bonds is 5. The third kappa shape index (κ3) is 3.68. The van der Waals surface area contributed by atoms with Crippen LogP contribution >= 0.6 is 0 Å². The van der Waals surface area contributed by atoms with Crippen LogP contribution < -0.4 is 5.73 Å². The molecule has 0 aromatic carbocycles. The Kier molecular flexibility index (Phi) is 4.58. The Morgan fingerprint density at radius 3 is 2.68 bits per heavy atom. The summed E-state index contributed by atoms with van der Waals surface area (Å²) in [7, 11) is 1.79. The van der Waals surface area contributed by atoms with Gasteiger partial charge in [-0.25, -0.2) is 4.98 Å². The van der Waals surface area contributed by atoms with Crippen LogP contribution in [0.4, 0.5) is 0 Å². The first-order valence-corrected chi connectivity index (χ1v) is 8.97. The second kappa shape index (κ2) is 6.41. The van der Waals surface area contributed by atoms with Crippen LogP contribution in [0.2, 0.25) is 0 Å². The highest BCUT2D eigenvalue weighted by molar-refractivity contribution is 6.06. The van der Waals surface area contributed by atoms with Crippen molar-refractivity contribution in [3.63, 3.8) is 0 Å². The summed E-state index contributed by atoms with van der Waals surface area (Å²) in [5.74, 6) is 0.384. The van der Waals surface area contributed by atoms with Crippen molar-refractivity contribution in [2.24, 2.45) is 11.1 Å². The molecule has 136 valence electrons. The lowest BCUT2D eigenvalue weighted by Gasteiger charge is -2.24. The molecule has 0 spiro atoms. The molecule has 0 saturated heterocycles. The molecule has 2 aromatic rings. The van der Waals surface area contributed by atoms with E-state index in [0.717, 1.165) is 36.0 Å². The molecular formula is C19H28N4O2. The Morgan fingerprint density at radius 1 is 1.44 bits per heavy atom. The molecule has 0 radical (unpaired) electrons. The van der Waals surface area contributed by atoms with Gasteiger partial charge in [0, 0.05) is 31.2 Å². The van der Waals surface area contributed by atoms with E-state index in [9.17, 15) is 4.79 Å². The van der Waals surface area contributed by atoms with Crippen LogP contribution in [-0.2, 0) is 6.42 Å². The predicted octanol–water partition coefficient (Wildman–Crippen LogP) is 3.11. The number of amides is 1. The molecule has 1 unspecified atom stereocenters. The largest absolute Gasteiger partial charge is 0.338 e. The molecule has 2 heterocycles. The van der Waals surface area contributed by atoms with Crippen LogP contribution in [0.5, 0.6) is 0 Å². The molecule has 0 bridgehead atoms. The minimum atomic E-state index is -0.0504. The van der Waals surface area contributed by atoms with Crippen molar-refractivity contribution in [3.8, 4) is 0 Å². The maximum atomic E-state index is 13.1. The Balaban J connectivity index is 2.12. The number of hydrogen-bond acceptors (Lipinski definition) is 5. The molecule has 3 rings (SSSR count). The molecule has 25 heavy (non-hydrogen) atoms. The van der Waals surface area contributed by atoms with Gasteiger partial charge in [0.05, 0.1) is 16.6 Å². The zero-order valence-corrected chi connectivity index (χ0v) is 15.8. The van der Waals surface area contributed by atoms with Gasteiger partial charge in [-0.05, 0) is 37.7 Å². The molecule has 6 heteroatoms. The van der Waals surface area contributed by atoms with Gasteiger partial charge in [-0.1, -0.05) is 25.9 Å². The van der Waals surface area contributed by atoms with Crippen molar-refractivity contribution >= 4 is 17.0 Å². The number of carbonyl (C=O) groups excluding carboxylic acids is 1. The monoisotopic (exact) mass is 344 g/mol. The summed E-state index contributed by atoms with van der Waals surface area (Å²) in [4.78, 5) is 19.5. The van der Waals surface area contributed by atoms with Crippen molar-refractivity contribution in [1.29, 1.82) is 0 Å². The van der Waals surface area contributed by atoms with Gasteiger partial charge in [-0.2, -0.15) is 0 Å². The first-order chi connectivity index (χ1) is 11.7. The van der Waals surface area contributed by atoms with Gasteiger partial charge in [-0.3, -0.25) is 4.79 Å². The summed E-state index contributed by atoms with van der Waals surface area (Å²) >= 11 is 0. The summed E-state index contributed by atoms with van der Waals surface area (Å²) in [5.41, 5.74) is 8.62. The zero-order chi connectivity index (χ0) is 18.4. The molecular weight excluding hydrogens is 316 g/mol. The van der Waals surface area contributed by atoms with E-state index in [1.165, 1.54) is 0 Å². The number of fused-ring (bicyclic) bond motifs is 1. The summed E-state index contributed by atoms with van der Waals surface area (Å²) in [6.07, 6.45) is 2.95. The number of pyridine rings is 1. The number of carbonyl (C=O) groups is 1. The maximum absolute atomic E-state index is 13.1. The lowest BCUT2D eigenvalue weighted by atomic mass is 9.89. The van der Waals surface area contributed by atoms with Gasteiger partial charge in [-0.15, -0.1) is 0 Å². The highest BCUT2D eigenvalue weighted by Gasteiger charge is 2.31. The van der Waals surface area contributed by atoms with Crippen molar-refractivity contribution in [3.05, 3.63) is 23.0 Å². The molecule has 1 aliphatic rings. The van der Waals surface area contributed by atoms with Crippen molar-refractivity contribution in [2.75, 3.05) is 13.6 Å². The van der Waals surface area contributed by atoms with E-state index in [0.29, 0.717) is 23.7 Å². The molecule has 6 nitrogen and oxygen atoms in total. The summed E-state index contributed by atoms with van der Waals surface area (Å²) in [6.45, 7) is 8.79. The molecule has 1 fully saturated rings. The van der Waals surface area contributed by atoms with Gasteiger partial charge in [0.25, 0.3) is 11.6 Å². The van der Waals surface area contributed by atoms with Crippen molar-refractivity contribution in [1.82, 2.24) is 15.0 Å². The minimum Gasteiger partial charge on any atom is -0.338 e. The summed E-state index contributed by atoms with van der Waals surface area (Å²) < 4.78 is 5.51. The average molecular weight is 344 g/mol. The topological polar surface area (TPSA) is 85.2 Å². The Labute approximate surface area is 148 Å². The molecule has 1 amide bonds. The van der Waals surface area contributed by atoms with Crippen LogP contribution in [0.15, 0.2) is 10.6 Å². The lowest BCUT2D eigenvalue weighted by Crippen LogP contribution is -2.39. The third-order valence-electron chi connectivity index (χ3n) is 4.78. The first kappa shape index (κ1) is 17.9. The Bertz CT molecular complexity index is 787. The summed E-state index contributed by atoms with van der Waals surface area (Å²) in [5, 5.41) is 4.99. The minimum absolute atomic E-state index is 0.0361. The van der Waals surface area contributed by atoms with E-state index in [2.05, 4.69) is 30.9 Å². The van der Waals surface area contributed by atoms with Gasteiger partial charge in [0.15, 0.2) is 0 Å². The van der Waals surface area contributed by atoms with E-state index < -0.39 is 0 Å². The lowest BCUT2D eigenvalue weighted by molar-refractivity contribution is 0.0750. The van der Waals surface area contributed by atoms with E-state index >= 15 is 0 Å². The van der Waals surface area contributed by atoms with Crippen LogP contribution in [0.1, 0.15) is 68.2 Å². The summed E-state index contributed by atoms with van der Waals surface area (Å²) in [6, 6.07) is 1.90. The predicted molar refractivity (Wildman–Crippen MR) is 97.5 cm³/mol. The van der Waals surface area contributed by atoms with Gasteiger partial charge >= 0.3 is 0 Å². The third-order valence-corrected chi connectivity index (χ3v) is 4.78. The Morgan fingerprint density at radius 2 is 2.12 bits per heavy atom. The Hall–Kier alpha value is -1.95. The normalized spacial score (nSPS) is 16.2. The number of likely N-dealkylation sites (N-methyl/N-ethyl adjacent to an activating group) is 1. The molecule has 2 aromatic heterocycles. The number of hydrogen-bond donors (Lipinski definition) is 1. The van der Waals surface area contributed by atoms with Crippen LogP contribution in [-0.4, -0.2) is 40.6 Å². The van der Waals surface area contributed by atoms with Gasteiger partial charge in [0.1, 0.15) is 0 Å². The second-order valence-corrected chi connectivity index (χ2v) is 8.42. The fraction of sp³-hybridized carbons (Fsp3) is 0.632. The first-order valence-electron chi connectivity index (χ1n) is 8.97. The molecule has 0 aliphatic heterocycles. The smallest absolute Gasteiger partial charge is 0.259 e. The maximum Gasteiger partial charge on any atom is 0.259 e. The number of nitrogens with zero attached hydrogens (tertiary/aromatic N) is 3. The van der Waals surface area contributed by atoms with E-state index in [1.807, 2.05) is 13.0 Å². The van der Waals surface area contributed by atoms with Crippen LogP contribution in [0, 0.1) is 5.41 Å². The van der Waals surface area contributed by atoms with Crippen molar-refractivity contribution in [2.45, 2.75) is 58.9 Å². The standard InChI is InChI=1S/C19H28N4O2/c1-11(10-20)23(5)18(24)13-8-14(12-6-7-12)21-17-16(13)15(22-25-17)9-19(2,3)4/h8,11-12H,6-7,9-10,20H2,1-5H3. The van der Waals surface area contributed by atoms with Crippen LogP contribution in [0.25, 0.3) is 11.1 Å². The van der Waals surface area contributed by atoms with Gasteiger partial charge < -0.3 is 15.2 Å². The van der Waals surface area contributed by atoms with Crippen molar-refractivity contribution < 1.29 is 9.32 Å². The highest BCUT2D eigenvalue weighted by atomic mass is 16.5. The zero-order valence-electron chi connectivity index (χ0n) is 15.8. The highest BCUT2D eigenvalue weighted by Crippen LogP contribution is 2.41. The average Bonchev–Trinajstić information content (AvgIpc) is 3.33. The molecule has 1 saturated carbocycles. The number of nitrogens with two attached hydrogens (primary N) is 1. The van der Waals surface area contributed by atoms with Gasteiger partial charge in [0.2, 0.25) is 0 Å². The van der Waals surface area contributed by atoms with E-state index in [-0.39, 0.29) is 17.4 Å². The molecule has 1 aliphatic carbocycles. The fourth-order valence-electron chi connectivity index (χ4n) is 2.96. The van der Waals surface area contributed by atoms with E-state index in [4.69, 9.17) is 10.3 Å². The molecule has 2 N–H and O–H groups in total. The SMILES string of the molecule is CC(CN)N(C)C(=O)c1cc(C2CC2)nc2onc(CC(C)(C)C)c12. The van der Waals surface area contributed by atoms with E-state index in [1.54, 1.807) is 11.9 Å².